The van der Waals surface area contributed by atoms with Crippen LogP contribution in [-0.2, 0) is 0 Å². The number of hydrogen-bond acceptors (Lipinski definition) is 3. The Balaban J connectivity index is 2.07. The highest BCUT2D eigenvalue weighted by Gasteiger charge is 2.26. The summed E-state index contributed by atoms with van der Waals surface area (Å²) < 4.78 is 28.4. The second-order valence-electron chi connectivity index (χ2n) is 4.56. The van der Waals surface area contributed by atoms with Crippen molar-refractivity contribution in [3.05, 3.63) is 47.3 Å². The average molecular weight is 279 g/mol. The average Bonchev–Trinajstić information content (AvgIpc) is 2.83. The molecule has 5 nitrogen and oxygen atoms in total. The third kappa shape index (κ3) is 2.01. The highest BCUT2D eigenvalue weighted by molar-refractivity contribution is 5.85. The standard InChI is InChI=1S/C13H11F2N3O2/c14-7-1-2-8(9(15)5-7)11-3-4-16-13-17-10(12(19)20)6-18(11)13/h1-2,5-6,11H,3-4H2,(H,16,17)(H,19,20). The van der Waals surface area contributed by atoms with Crippen molar-refractivity contribution in [2.45, 2.75) is 12.5 Å². The number of benzene rings is 1. The summed E-state index contributed by atoms with van der Waals surface area (Å²) in [6.07, 6.45) is 1.92. The summed E-state index contributed by atoms with van der Waals surface area (Å²) in [4.78, 5) is 14.9. The lowest BCUT2D eigenvalue weighted by Gasteiger charge is -2.26. The molecule has 20 heavy (non-hydrogen) atoms. The Labute approximate surface area is 112 Å². The molecule has 1 aromatic heterocycles. The number of carboxylic acids is 1. The van der Waals surface area contributed by atoms with Gasteiger partial charge in [0.05, 0.1) is 6.04 Å². The summed E-state index contributed by atoms with van der Waals surface area (Å²) in [5, 5.41) is 11.9. The van der Waals surface area contributed by atoms with Gasteiger partial charge in [-0.15, -0.1) is 0 Å². The van der Waals surface area contributed by atoms with E-state index in [1.54, 1.807) is 4.57 Å². The van der Waals surface area contributed by atoms with E-state index in [4.69, 9.17) is 5.11 Å². The molecular formula is C13H11F2N3O2. The Bertz CT molecular complexity index is 684. The van der Waals surface area contributed by atoms with Gasteiger partial charge in [0.1, 0.15) is 11.6 Å². The molecule has 0 amide bonds. The van der Waals surface area contributed by atoms with Crippen LogP contribution in [0, 0.1) is 11.6 Å². The SMILES string of the molecule is O=C(O)c1cn2c(n1)NCCC2c1ccc(F)cc1F. The molecule has 104 valence electrons. The van der Waals surface area contributed by atoms with Gasteiger partial charge < -0.3 is 15.0 Å². The minimum atomic E-state index is -1.15. The fourth-order valence-electron chi connectivity index (χ4n) is 2.40. The maximum atomic E-state index is 13.9. The Hall–Kier alpha value is -2.44. The third-order valence-corrected chi connectivity index (χ3v) is 3.31. The fourth-order valence-corrected chi connectivity index (χ4v) is 2.40. The Morgan fingerprint density at radius 1 is 1.45 bits per heavy atom. The predicted octanol–water partition coefficient (Wildman–Crippen LogP) is 2.26. The van der Waals surface area contributed by atoms with Crippen molar-refractivity contribution >= 4 is 11.9 Å². The van der Waals surface area contributed by atoms with Gasteiger partial charge in [-0.1, -0.05) is 6.07 Å². The molecule has 7 heteroatoms. The number of fused-ring (bicyclic) bond motifs is 1. The minimum absolute atomic E-state index is 0.109. The van der Waals surface area contributed by atoms with E-state index in [9.17, 15) is 13.6 Å². The van der Waals surface area contributed by atoms with Crippen molar-refractivity contribution in [3.63, 3.8) is 0 Å². The van der Waals surface area contributed by atoms with Crippen LogP contribution in [0.15, 0.2) is 24.4 Å². The van der Waals surface area contributed by atoms with E-state index < -0.39 is 23.6 Å². The number of carbonyl (C=O) groups is 1. The number of hydrogen-bond donors (Lipinski definition) is 2. The molecule has 2 N–H and O–H groups in total. The smallest absolute Gasteiger partial charge is 0.356 e. The van der Waals surface area contributed by atoms with Crippen LogP contribution in [0.5, 0.6) is 0 Å². The molecule has 1 atom stereocenters. The molecule has 0 saturated heterocycles. The van der Waals surface area contributed by atoms with Gasteiger partial charge >= 0.3 is 5.97 Å². The number of nitrogens with one attached hydrogen (secondary N) is 1. The molecule has 0 spiro atoms. The predicted molar refractivity (Wildman–Crippen MR) is 66.8 cm³/mol. The molecular weight excluding hydrogens is 268 g/mol. The molecule has 0 radical (unpaired) electrons. The zero-order valence-electron chi connectivity index (χ0n) is 10.3. The lowest BCUT2D eigenvalue weighted by Crippen LogP contribution is -2.24. The van der Waals surface area contributed by atoms with E-state index in [2.05, 4.69) is 10.3 Å². The number of halogens is 2. The number of imidazole rings is 1. The van der Waals surface area contributed by atoms with Gasteiger partial charge in [-0.05, 0) is 12.5 Å². The number of rotatable bonds is 2. The molecule has 0 fully saturated rings. The first-order valence-corrected chi connectivity index (χ1v) is 6.07. The normalized spacial score (nSPS) is 17.4. The second-order valence-corrected chi connectivity index (χ2v) is 4.56. The number of aromatic carboxylic acids is 1. The van der Waals surface area contributed by atoms with E-state index in [1.807, 2.05) is 0 Å². The van der Waals surface area contributed by atoms with Crippen molar-refractivity contribution in [3.8, 4) is 0 Å². The number of nitrogens with zero attached hydrogens (tertiary/aromatic N) is 2. The zero-order chi connectivity index (χ0) is 14.3. The van der Waals surface area contributed by atoms with Crippen molar-refractivity contribution < 1.29 is 18.7 Å². The summed E-state index contributed by atoms with van der Waals surface area (Å²) in [6.45, 7) is 0.539. The Morgan fingerprint density at radius 3 is 2.95 bits per heavy atom. The molecule has 2 heterocycles. The maximum absolute atomic E-state index is 13.9. The molecule has 0 aliphatic carbocycles. The highest BCUT2D eigenvalue weighted by Crippen LogP contribution is 2.31. The van der Waals surface area contributed by atoms with Gasteiger partial charge in [0.2, 0.25) is 5.95 Å². The Morgan fingerprint density at radius 2 is 2.25 bits per heavy atom. The highest BCUT2D eigenvalue weighted by atomic mass is 19.1. The molecule has 1 aliphatic rings. The monoisotopic (exact) mass is 279 g/mol. The largest absolute Gasteiger partial charge is 0.476 e. The second kappa shape index (κ2) is 4.59. The van der Waals surface area contributed by atoms with Crippen molar-refractivity contribution in [1.29, 1.82) is 0 Å². The van der Waals surface area contributed by atoms with Crippen LogP contribution in [-0.4, -0.2) is 27.2 Å². The van der Waals surface area contributed by atoms with Crippen LogP contribution < -0.4 is 5.32 Å². The zero-order valence-corrected chi connectivity index (χ0v) is 10.3. The van der Waals surface area contributed by atoms with Gasteiger partial charge in [0, 0.05) is 24.4 Å². The van der Waals surface area contributed by atoms with Crippen LogP contribution >= 0.6 is 0 Å². The number of anilines is 1. The van der Waals surface area contributed by atoms with Crippen LogP contribution in [0.4, 0.5) is 14.7 Å². The van der Waals surface area contributed by atoms with E-state index in [1.165, 1.54) is 18.3 Å². The van der Waals surface area contributed by atoms with E-state index in [0.29, 0.717) is 24.5 Å². The topological polar surface area (TPSA) is 67.1 Å². The number of carboxylic acid groups (broad SMARTS) is 1. The quantitative estimate of drug-likeness (QED) is 0.885. The van der Waals surface area contributed by atoms with Crippen LogP contribution in [0.3, 0.4) is 0 Å². The van der Waals surface area contributed by atoms with Crippen molar-refractivity contribution in [1.82, 2.24) is 9.55 Å². The van der Waals surface area contributed by atoms with Gasteiger partial charge in [-0.3, -0.25) is 0 Å². The molecule has 1 aromatic carbocycles. The van der Waals surface area contributed by atoms with Gasteiger partial charge in [-0.25, -0.2) is 18.6 Å². The first-order chi connectivity index (χ1) is 9.56. The summed E-state index contributed by atoms with van der Waals surface area (Å²) in [5.74, 6) is -2.06. The molecule has 3 rings (SSSR count). The summed E-state index contributed by atoms with van der Waals surface area (Å²) >= 11 is 0. The first-order valence-electron chi connectivity index (χ1n) is 6.07. The van der Waals surface area contributed by atoms with Crippen LogP contribution in [0.1, 0.15) is 28.5 Å². The summed E-state index contributed by atoms with van der Waals surface area (Å²) in [6, 6.07) is 3.00. The van der Waals surface area contributed by atoms with E-state index in [0.717, 1.165) is 6.07 Å². The van der Waals surface area contributed by atoms with E-state index in [-0.39, 0.29) is 5.69 Å². The number of aromatic nitrogens is 2. The van der Waals surface area contributed by atoms with Gasteiger partial charge in [0.15, 0.2) is 5.69 Å². The van der Waals surface area contributed by atoms with Crippen LogP contribution in [0.25, 0.3) is 0 Å². The Kier molecular flexibility index (Phi) is 2.89. The molecule has 0 saturated carbocycles. The fraction of sp³-hybridized carbons (Fsp3) is 0.231. The molecule has 2 aromatic rings. The van der Waals surface area contributed by atoms with Crippen LogP contribution in [0.2, 0.25) is 0 Å². The van der Waals surface area contributed by atoms with Crippen molar-refractivity contribution in [2.75, 3.05) is 11.9 Å². The lowest BCUT2D eigenvalue weighted by molar-refractivity contribution is 0.0691. The maximum Gasteiger partial charge on any atom is 0.356 e. The summed E-state index contributed by atoms with van der Waals surface area (Å²) in [7, 11) is 0. The van der Waals surface area contributed by atoms with Crippen molar-refractivity contribution in [2.24, 2.45) is 0 Å². The van der Waals surface area contributed by atoms with Gasteiger partial charge in [-0.2, -0.15) is 0 Å². The van der Waals surface area contributed by atoms with E-state index >= 15 is 0 Å². The lowest BCUT2D eigenvalue weighted by atomic mass is 10.0. The third-order valence-electron chi connectivity index (χ3n) is 3.31. The van der Waals surface area contributed by atoms with Gasteiger partial charge in [0.25, 0.3) is 0 Å². The summed E-state index contributed by atoms with van der Waals surface area (Å²) in [5.41, 5.74) is 0.213. The minimum Gasteiger partial charge on any atom is -0.476 e. The first kappa shape index (κ1) is 12.6. The molecule has 0 bridgehead atoms. The molecule has 1 unspecified atom stereocenters. The molecule has 1 aliphatic heterocycles.